The second-order valence-corrected chi connectivity index (χ2v) is 5.61. The van der Waals surface area contributed by atoms with Crippen LogP contribution in [-0.4, -0.2) is 36.2 Å². The summed E-state index contributed by atoms with van der Waals surface area (Å²) in [5, 5.41) is 2.74. The van der Waals surface area contributed by atoms with Crippen molar-refractivity contribution in [2.75, 3.05) is 23.9 Å². The minimum atomic E-state index is -0.297. The molecule has 1 aliphatic heterocycles. The molecule has 0 unspecified atom stereocenters. The fourth-order valence-electron chi connectivity index (χ4n) is 2.52. The largest absolute Gasteiger partial charge is 0.479 e. The van der Waals surface area contributed by atoms with Crippen LogP contribution in [0.15, 0.2) is 42.7 Å². The number of anilines is 2. The van der Waals surface area contributed by atoms with Crippen molar-refractivity contribution in [1.29, 1.82) is 0 Å². The average molecular weight is 339 g/mol. The Hall–Kier alpha value is -3.22. The number of ether oxygens (including phenoxy) is 1. The van der Waals surface area contributed by atoms with Crippen molar-refractivity contribution in [3.63, 3.8) is 0 Å². The van der Waals surface area contributed by atoms with Gasteiger partial charge in [-0.15, -0.1) is 0 Å². The van der Waals surface area contributed by atoms with Gasteiger partial charge < -0.3 is 15.0 Å². The van der Waals surface area contributed by atoms with E-state index in [0.29, 0.717) is 22.7 Å². The van der Waals surface area contributed by atoms with Crippen LogP contribution < -0.4 is 15.0 Å². The summed E-state index contributed by atoms with van der Waals surface area (Å²) in [5.74, 6) is -0.136. The highest BCUT2D eigenvalue weighted by Crippen LogP contribution is 2.37. The molecule has 0 aliphatic carbocycles. The summed E-state index contributed by atoms with van der Waals surface area (Å²) in [6.07, 6.45) is 3.20. The van der Waals surface area contributed by atoms with Crippen molar-refractivity contribution < 1.29 is 19.1 Å². The first-order chi connectivity index (χ1) is 12.1. The highest BCUT2D eigenvalue weighted by molar-refractivity contribution is 6.02. The van der Waals surface area contributed by atoms with Gasteiger partial charge in [0.15, 0.2) is 18.1 Å². The van der Waals surface area contributed by atoms with Gasteiger partial charge >= 0.3 is 0 Å². The second-order valence-electron chi connectivity index (χ2n) is 5.61. The molecular formula is C18H17N3O4. The molecule has 7 nitrogen and oxygen atoms in total. The fraction of sp³-hybridized carbons (Fsp3) is 0.222. The monoisotopic (exact) mass is 339 g/mol. The maximum atomic E-state index is 12.2. The highest BCUT2D eigenvalue weighted by Gasteiger charge is 2.25. The average Bonchev–Trinajstić information content (AvgIpc) is 2.64. The van der Waals surface area contributed by atoms with Crippen LogP contribution in [0.2, 0.25) is 0 Å². The van der Waals surface area contributed by atoms with Gasteiger partial charge in [0.2, 0.25) is 5.91 Å². The van der Waals surface area contributed by atoms with Crippen molar-refractivity contribution >= 4 is 29.0 Å². The van der Waals surface area contributed by atoms with Crippen molar-refractivity contribution in [1.82, 2.24) is 4.98 Å². The summed E-state index contributed by atoms with van der Waals surface area (Å²) in [4.78, 5) is 41.2. The summed E-state index contributed by atoms with van der Waals surface area (Å²) in [7, 11) is 1.65. The Bertz CT molecular complexity index is 820. The first kappa shape index (κ1) is 16.6. The van der Waals surface area contributed by atoms with E-state index in [1.54, 1.807) is 43.6 Å². The number of hydrogen-bond donors (Lipinski definition) is 1. The van der Waals surface area contributed by atoms with Crippen LogP contribution in [0.5, 0.6) is 5.75 Å². The van der Waals surface area contributed by atoms with Crippen LogP contribution >= 0.6 is 0 Å². The summed E-state index contributed by atoms with van der Waals surface area (Å²) >= 11 is 0. The predicted octanol–water partition coefficient (Wildman–Crippen LogP) is 2.04. The molecule has 128 valence electrons. The minimum absolute atomic E-state index is 0.0478. The molecule has 2 aromatic rings. The Morgan fingerprint density at radius 1 is 1.24 bits per heavy atom. The Balaban J connectivity index is 1.64. The number of benzene rings is 1. The molecule has 0 bridgehead atoms. The van der Waals surface area contributed by atoms with E-state index >= 15 is 0 Å². The number of aromatic nitrogens is 1. The van der Waals surface area contributed by atoms with Gasteiger partial charge in [-0.2, -0.15) is 0 Å². The molecule has 0 fully saturated rings. The number of nitrogens with one attached hydrogen (secondary N) is 1. The number of carbonyl (C=O) groups excluding carboxylic acids is 3. The number of hydrogen-bond acceptors (Lipinski definition) is 5. The Morgan fingerprint density at radius 3 is 2.84 bits per heavy atom. The number of ketones is 1. The van der Waals surface area contributed by atoms with Gasteiger partial charge in [-0.25, -0.2) is 0 Å². The lowest BCUT2D eigenvalue weighted by Crippen LogP contribution is -2.35. The van der Waals surface area contributed by atoms with Gasteiger partial charge in [0.05, 0.1) is 11.4 Å². The molecular weight excluding hydrogens is 322 g/mol. The van der Waals surface area contributed by atoms with Crippen molar-refractivity contribution in [2.24, 2.45) is 0 Å². The molecule has 25 heavy (non-hydrogen) atoms. The normalized spacial score (nSPS) is 13.0. The van der Waals surface area contributed by atoms with E-state index in [4.69, 9.17) is 4.74 Å². The number of rotatable bonds is 5. The van der Waals surface area contributed by atoms with E-state index in [0.717, 1.165) is 0 Å². The zero-order valence-electron chi connectivity index (χ0n) is 13.7. The topological polar surface area (TPSA) is 88.6 Å². The number of nitrogens with zero attached hydrogens (tertiary/aromatic N) is 2. The molecule has 3 rings (SSSR count). The standard InChI is InChI=1S/C18H17N3O4/c1-21-14-6-2-5-13(18(14)25-11-17(21)24)20-16(23)8-7-15(22)12-4-3-9-19-10-12/h2-6,9-10H,7-8,11H2,1H3,(H,20,23). The fourth-order valence-corrected chi connectivity index (χ4v) is 2.52. The smallest absolute Gasteiger partial charge is 0.264 e. The van der Waals surface area contributed by atoms with Gasteiger partial charge in [-0.1, -0.05) is 6.07 Å². The number of pyridine rings is 1. The highest BCUT2D eigenvalue weighted by atomic mass is 16.5. The second kappa shape index (κ2) is 7.12. The van der Waals surface area contributed by atoms with Crippen molar-refractivity contribution in [3.05, 3.63) is 48.3 Å². The van der Waals surface area contributed by atoms with E-state index in [2.05, 4.69) is 10.3 Å². The summed E-state index contributed by atoms with van der Waals surface area (Å²) in [6, 6.07) is 8.52. The van der Waals surface area contributed by atoms with Gasteiger partial charge in [-0.05, 0) is 24.3 Å². The maximum Gasteiger partial charge on any atom is 0.264 e. The van der Waals surface area contributed by atoms with Gasteiger partial charge in [0.1, 0.15) is 0 Å². The first-order valence-corrected chi connectivity index (χ1v) is 7.81. The summed E-state index contributed by atoms with van der Waals surface area (Å²) < 4.78 is 5.45. The molecule has 0 saturated heterocycles. The molecule has 2 heterocycles. The molecule has 7 heteroatoms. The van der Waals surface area contributed by atoms with E-state index in [-0.39, 0.29) is 37.0 Å². The van der Waals surface area contributed by atoms with Crippen molar-refractivity contribution in [3.8, 4) is 5.75 Å². The Labute approximate surface area is 144 Å². The third kappa shape index (κ3) is 3.65. The molecule has 0 saturated carbocycles. The zero-order valence-corrected chi connectivity index (χ0v) is 13.7. The lowest BCUT2D eigenvalue weighted by Gasteiger charge is -2.27. The Morgan fingerprint density at radius 2 is 2.08 bits per heavy atom. The number of para-hydroxylation sites is 1. The molecule has 2 amide bonds. The Kier molecular flexibility index (Phi) is 4.74. The molecule has 1 N–H and O–H groups in total. The zero-order chi connectivity index (χ0) is 17.8. The quantitative estimate of drug-likeness (QED) is 0.842. The van der Waals surface area contributed by atoms with E-state index in [1.807, 2.05) is 0 Å². The van der Waals surface area contributed by atoms with Gasteiger partial charge in [0, 0.05) is 37.8 Å². The third-order valence-electron chi connectivity index (χ3n) is 3.91. The van der Waals surface area contributed by atoms with Crippen LogP contribution in [0.25, 0.3) is 0 Å². The van der Waals surface area contributed by atoms with E-state index in [9.17, 15) is 14.4 Å². The van der Waals surface area contributed by atoms with Gasteiger partial charge in [-0.3, -0.25) is 19.4 Å². The predicted molar refractivity (Wildman–Crippen MR) is 91.8 cm³/mol. The van der Waals surface area contributed by atoms with Crippen LogP contribution in [0.3, 0.4) is 0 Å². The van der Waals surface area contributed by atoms with Crippen LogP contribution in [0, 0.1) is 0 Å². The molecule has 0 spiro atoms. The molecule has 0 atom stereocenters. The number of fused-ring (bicyclic) bond motifs is 1. The van der Waals surface area contributed by atoms with E-state index < -0.39 is 0 Å². The van der Waals surface area contributed by atoms with Crippen molar-refractivity contribution in [2.45, 2.75) is 12.8 Å². The van der Waals surface area contributed by atoms with E-state index in [1.165, 1.54) is 11.1 Å². The number of amides is 2. The molecule has 0 radical (unpaired) electrons. The van der Waals surface area contributed by atoms with Crippen LogP contribution in [0.1, 0.15) is 23.2 Å². The minimum Gasteiger partial charge on any atom is -0.479 e. The lowest BCUT2D eigenvalue weighted by molar-refractivity contribution is -0.121. The number of Topliss-reactive ketones (excluding diaryl/α,β-unsaturated/α-hetero) is 1. The molecule has 1 aromatic carbocycles. The van der Waals surface area contributed by atoms with Gasteiger partial charge in [0.25, 0.3) is 5.91 Å². The number of likely N-dealkylation sites (N-methyl/N-ethyl adjacent to an activating group) is 1. The SMILES string of the molecule is CN1C(=O)COc2c(NC(=O)CCC(=O)c3cccnc3)cccc21. The van der Waals surface area contributed by atoms with Crippen LogP contribution in [-0.2, 0) is 9.59 Å². The summed E-state index contributed by atoms with van der Waals surface area (Å²) in [5.41, 5.74) is 1.56. The summed E-state index contributed by atoms with van der Waals surface area (Å²) in [6.45, 7) is -0.0735. The lowest BCUT2D eigenvalue weighted by atomic mass is 10.1. The first-order valence-electron chi connectivity index (χ1n) is 7.81. The number of carbonyl (C=O) groups is 3. The maximum absolute atomic E-state index is 12.2. The third-order valence-corrected chi connectivity index (χ3v) is 3.91. The molecule has 1 aliphatic rings. The molecule has 1 aromatic heterocycles. The van der Waals surface area contributed by atoms with Crippen LogP contribution in [0.4, 0.5) is 11.4 Å².